The van der Waals surface area contributed by atoms with E-state index in [2.05, 4.69) is 15.6 Å². The van der Waals surface area contributed by atoms with E-state index in [0.717, 1.165) is 52.0 Å². The summed E-state index contributed by atoms with van der Waals surface area (Å²) in [5, 5.41) is 5.22. The zero-order valence-corrected chi connectivity index (χ0v) is 26.8. The SMILES string of the molecule is CCN(C1CCC(C(=O)Nc2nc3cc(F)c(Oc4ccc(F)c(NC(=O)Cc5cccc(C(F)(F)F)c5)c4)cc3s2)CC1)S(=O)(=O)O. The maximum absolute atomic E-state index is 15.0. The summed E-state index contributed by atoms with van der Waals surface area (Å²) in [6.45, 7) is 1.73. The van der Waals surface area contributed by atoms with Gasteiger partial charge in [0.15, 0.2) is 16.7 Å². The summed E-state index contributed by atoms with van der Waals surface area (Å²) in [5.41, 5.74) is -0.955. The van der Waals surface area contributed by atoms with Crippen LogP contribution in [0.15, 0.2) is 54.6 Å². The highest BCUT2D eigenvalue weighted by molar-refractivity contribution is 7.83. The van der Waals surface area contributed by atoms with E-state index in [4.69, 9.17) is 4.74 Å². The van der Waals surface area contributed by atoms with Gasteiger partial charge in [-0.3, -0.25) is 14.1 Å². The van der Waals surface area contributed by atoms with Crippen molar-refractivity contribution in [2.45, 2.75) is 51.2 Å². The Morgan fingerprint density at radius 3 is 2.42 bits per heavy atom. The fourth-order valence-electron chi connectivity index (χ4n) is 5.53. The van der Waals surface area contributed by atoms with Crippen molar-refractivity contribution in [3.8, 4) is 11.5 Å². The number of carbonyl (C=O) groups excluding carboxylic acids is 2. The van der Waals surface area contributed by atoms with Gasteiger partial charge < -0.3 is 15.4 Å². The van der Waals surface area contributed by atoms with Gasteiger partial charge in [0.1, 0.15) is 11.6 Å². The number of nitrogens with zero attached hydrogens (tertiary/aromatic N) is 2. The van der Waals surface area contributed by atoms with E-state index in [1.807, 2.05) is 0 Å². The summed E-state index contributed by atoms with van der Waals surface area (Å²) in [5.74, 6) is -3.50. The summed E-state index contributed by atoms with van der Waals surface area (Å²) in [4.78, 5) is 29.7. The number of ether oxygens (including phenoxy) is 1. The first-order chi connectivity index (χ1) is 22.6. The van der Waals surface area contributed by atoms with Crippen LogP contribution in [-0.4, -0.2) is 46.7 Å². The van der Waals surface area contributed by atoms with Crippen LogP contribution in [0.1, 0.15) is 43.7 Å². The Bertz CT molecular complexity index is 1950. The minimum Gasteiger partial charge on any atom is -0.454 e. The van der Waals surface area contributed by atoms with Crippen molar-refractivity contribution in [3.05, 3.63) is 77.4 Å². The average molecular weight is 713 g/mol. The molecule has 3 aromatic carbocycles. The van der Waals surface area contributed by atoms with Gasteiger partial charge in [0.25, 0.3) is 0 Å². The fraction of sp³-hybridized carbons (Fsp3) is 0.323. The molecule has 3 N–H and O–H groups in total. The number of anilines is 2. The quantitative estimate of drug-likeness (QED) is 0.117. The molecular weight excluding hydrogens is 683 g/mol. The summed E-state index contributed by atoms with van der Waals surface area (Å²) >= 11 is 1.06. The average Bonchev–Trinajstić information content (AvgIpc) is 3.39. The molecule has 0 aliphatic heterocycles. The molecule has 1 aliphatic rings. The van der Waals surface area contributed by atoms with Gasteiger partial charge in [0, 0.05) is 36.7 Å². The number of benzene rings is 3. The lowest BCUT2D eigenvalue weighted by Gasteiger charge is -2.33. The second-order valence-corrected chi connectivity index (χ2v) is 13.5. The van der Waals surface area contributed by atoms with Crippen molar-refractivity contribution in [2.24, 2.45) is 5.92 Å². The van der Waals surface area contributed by atoms with E-state index in [1.54, 1.807) is 6.92 Å². The Labute approximate surface area is 275 Å². The Balaban J connectivity index is 1.23. The third-order valence-corrected chi connectivity index (χ3v) is 9.90. The monoisotopic (exact) mass is 712 g/mol. The summed E-state index contributed by atoms with van der Waals surface area (Å²) in [7, 11) is -4.35. The molecule has 0 saturated heterocycles. The number of hydrogen-bond donors (Lipinski definition) is 3. The zero-order chi connectivity index (χ0) is 34.8. The third-order valence-electron chi connectivity index (χ3n) is 7.81. The lowest BCUT2D eigenvalue weighted by Crippen LogP contribution is -2.43. The molecule has 1 fully saturated rings. The molecule has 1 aromatic heterocycles. The fourth-order valence-corrected chi connectivity index (χ4v) is 7.33. The normalized spacial score (nSPS) is 17.0. The van der Waals surface area contributed by atoms with E-state index in [9.17, 15) is 44.5 Å². The van der Waals surface area contributed by atoms with Crippen LogP contribution in [0.2, 0.25) is 0 Å². The molecule has 0 unspecified atom stereocenters. The topological polar surface area (TPSA) is 138 Å². The summed E-state index contributed by atoms with van der Waals surface area (Å²) in [6, 6.07) is 9.49. The molecule has 4 aromatic rings. The van der Waals surface area contributed by atoms with Crippen molar-refractivity contribution < 1.29 is 49.2 Å². The first-order valence-corrected chi connectivity index (χ1v) is 16.9. The van der Waals surface area contributed by atoms with E-state index >= 15 is 0 Å². The number of nitrogens with one attached hydrogen (secondary N) is 2. The van der Waals surface area contributed by atoms with Gasteiger partial charge in [-0.05, 0) is 49.4 Å². The molecule has 256 valence electrons. The number of rotatable bonds is 10. The van der Waals surface area contributed by atoms with Gasteiger partial charge >= 0.3 is 16.5 Å². The van der Waals surface area contributed by atoms with Crippen LogP contribution < -0.4 is 15.4 Å². The molecule has 10 nitrogen and oxygen atoms in total. The Morgan fingerprint density at radius 2 is 1.75 bits per heavy atom. The molecule has 0 radical (unpaired) electrons. The number of amides is 2. The van der Waals surface area contributed by atoms with Gasteiger partial charge in [0.2, 0.25) is 11.8 Å². The highest BCUT2D eigenvalue weighted by atomic mass is 32.2. The highest BCUT2D eigenvalue weighted by Gasteiger charge is 2.34. The van der Waals surface area contributed by atoms with Gasteiger partial charge in [-0.1, -0.05) is 36.5 Å². The first kappa shape index (κ1) is 35.1. The number of thiazole rings is 1. The van der Waals surface area contributed by atoms with Gasteiger partial charge in [-0.25, -0.2) is 13.8 Å². The number of aromatic nitrogens is 1. The smallest absolute Gasteiger partial charge is 0.416 e. The largest absolute Gasteiger partial charge is 0.454 e. The Hall–Kier alpha value is -4.19. The molecular formula is C31H29F5N4O6S2. The molecule has 0 bridgehead atoms. The minimum atomic E-state index is -4.59. The second kappa shape index (κ2) is 14.1. The number of alkyl halides is 3. The number of halogens is 5. The zero-order valence-electron chi connectivity index (χ0n) is 25.2. The van der Waals surface area contributed by atoms with Gasteiger partial charge in [-0.15, -0.1) is 0 Å². The van der Waals surface area contributed by atoms with Crippen LogP contribution >= 0.6 is 11.3 Å². The predicted octanol–water partition coefficient (Wildman–Crippen LogP) is 7.19. The third kappa shape index (κ3) is 8.44. The molecule has 48 heavy (non-hydrogen) atoms. The van der Waals surface area contributed by atoms with Gasteiger partial charge in [0.05, 0.1) is 27.9 Å². The van der Waals surface area contributed by atoms with Crippen LogP contribution in [0, 0.1) is 17.6 Å². The van der Waals surface area contributed by atoms with Crippen LogP contribution in [0.25, 0.3) is 10.2 Å². The number of hydrogen-bond acceptors (Lipinski definition) is 7. The van der Waals surface area contributed by atoms with Crippen molar-refractivity contribution in [1.29, 1.82) is 0 Å². The van der Waals surface area contributed by atoms with E-state index in [1.165, 1.54) is 18.2 Å². The van der Waals surface area contributed by atoms with E-state index in [-0.39, 0.29) is 45.9 Å². The van der Waals surface area contributed by atoms with Crippen LogP contribution in [0.5, 0.6) is 11.5 Å². The molecule has 1 aliphatic carbocycles. The molecule has 1 saturated carbocycles. The predicted molar refractivity (Wildman–Crippen MR) is 168 cm³/mol. The molecule has 1 heterocycles. The number of carbonyl (C=O) groups is 2. The van der Waals surface area contributed by atoms with Crippen molar-refractivity contribution in [1.82, 2.24) is 9.29 Å². The van der Waals surface area contributed by atoms with E-state index in [0.29, 0.717) is 30.4 Å². The Kier molecular flexibility index (Phi) is 10.3. The molecule has 0 atom stereocenters. The summed E-state index contributed by atoms with van der Waals surface area (Å²) < 4.78 is 108. The first-order valence-electron chi connectivity index (χ1n) is 14.7. The van der Waals surface area contributed by atoms with Crippen LogP contribution in [0.4, 0.5) is 32.8 Å². The van der Waals surface area contributed by atoms with Crippen LogP contribution in [0.3, 0.4) is 0 Å². The van der Waals surface area contributed by atoms with Crippen LogP contribution in [-0.2, 0) is 32.5 Å². The summed E-state index contributed by atoms with van der Waals surface area (Å²) in [6.07, 6.45) is -3.48. The molecule has 2 amide bonds. The maximum atomic E-state index is 15.0. The molecule has 17 heteroatoms. The second-order valence-electron chi connectivity index (χ2n) is 11.1. The number of fused-ring (bicyclic) bond motifs is 1. The van der Waals surface area contributed by atoms with Crippen molar-refractivity contribution in [3.63, 3.8) is 0 Å². The standard InChI is InChI=1S/C31H29F5N4O6S2/c1-2-40(48(43,44)45)20-8-6-18(7-9-20)29(42)39-30-38-25-15-23(33)26(16-27(25)47-30)46-21-10-11-22(32)24(14-21)37-28(41)13-17-4-3-5-19(12-17)31(34,35)36/h3-5,10-12,14-16,18,20H,2,6-9,13H2,1H3,(H,37,41)(H,38,39,42)(H,43,44,45). The van der Waals surface area contributed by atoms with Crippen molar-refractivity contribution in [2.75, 3.05) is 17.2 Å². The van der Waals surface area contributed by atoms with Crippen molar-refractivity contribution >= 4 is 54.5 Å². The maximum Gasteiger partial charge on any atom is 0.416 e. The minimum absolute atomic E-state index is 0.0479. The molecule has 0 spiro atoms. The molecule has 5 rings (SSSR count). The van der Waals surface area contributed by atoms with E-state index < -0.39 is 58.0 Å². The lowest BCUT2D eigenvalue weighted by molar-refractivity contribution is -0.137. The highest BCUT2D eigenvalue weighted by Crippen LogP contribution is 2.36. The Morgan fingerprint density at radius 1 is 1.02 bits per heavy atom. The van der Waals surface area contributed by atoms with Gasteiger partial charge in [-0.2, -0.15) is 25.9 Å². The lowest BCUT2D eigenvalue weighted by atomic mass is 9.85.